The molecular formula is C20H28FN5O3S. The molecule has 1 N–H and O–H groups in total. The molecule has 1 aliphatic rings. The molecule has 30 heavy (non-hydrogen) atoms. The highest BCUT2D eigenvalue weighted by Gasteiger charge is 2.29. The van der Waals surface area contributed by atoms with E-state index in [1.807, 2.05) is 4.90 Å². The molecule has 2 aromatic rings. The van der Waals surface area contributed by atoms with E-state index in [0.29, 0.717) is 38.4 Å². The van der Waals surface area contributed by atoms with Gasteiger partial charge in [-0.3, -0.25) is 4.99 Å². The highest BCUT2D eigenvalue weighted by Crippen LogP contribution is 2.22. The number of rotatable bonds is 6. The molecule has 0 radical (unpaired) electrons. The van der Waals surface area contributed by atoms with E-state index < -0.39 is 10.0 Å². The first-order valence-electron chi connectivity index (χ1n) is 9.80. The van der Waals surface area contributed by atoms with Gasteiger partial charge in [-0.2, -0.15) is 4.31 Å². The third-order valence-electron chi connectivity index (χ3n) is 5.28. The fourth-order valence-electron chi connectivity index (χ4n) is 3.40. The van der Waals surface area contributed by atoms with Crippen LogP contribution in [-0.2, 0) is 21.2 Å². The van der Waals surface area contributed by atoms with Crippen LogP contribution >= 0.6 is 0 Å². The lowest BCUT2D eigenvalue weighted by molar-refractivity contribution is 0.258. The number of hydrogen-bond acceptors (Lipinski definition) is 5. The van der Waals surface area contributed by atoms with Crippen molar-refractivity contribution < 1.29 is 17.3 Å². The monoisotopic (exact) mass is 437 g/mol. The molecule has 0 bridgehead atoms. The summed E-state index contributed by atoms with van der Waals surface area (Å²) in [7, 11) is -1.73. The van der Waals surface area contributed by atoms with E-state index in [4.69, 9.17) is 4.52 Å². The number of nitrogens with one attached hydrogen (secondary N) is 1. The number of hydrogen-bond donors (Lipinski definition) is 1. The number of guanidine groups is 1. The van der Waals surface area contributed by atoms with Gasteiger partial charge in [0.15, 0.2) is 5.96 Å². The summed E-state index contributed by atoms with van der Waals surface area (Å²) in [5, 5.41) is 7.06. The Morgan fingerprint density at radius 2 is 1.87 bits per heavy atom. The smallest absolute Gasteiger partial charge is 0.220 e. The lowest BCUT2D eigenvalue weighted by atomic mass is 9.84. The molecule has 1 saturated heterocycles. The highest BCUT2D eigenvalue weighted by molar-refractivity contribution is 7.88. The number of piperazine rings is 1. The second-order valence-corrected chi connectivity index (χ2v) is 9.89. The van der Waals surface area contributed by atoms with Crippen LogP contribution in [0, 0.1) is 5.82 Å². The van der Waals surface area contributed by atoms with E-state index in [9.17, 15) is 12.8 Å². The van der Waals surface area contributed by atoms with Crippen LogP contribution in [0.25, 0.3) is 0 Å². The van der Waals surface area contributed by atoms with Crippen LogP contribution < -0.4 is 5.32 Å². The third kappa shape index (κ3) is 5.37. The van der Waals surface area contributed by atoms with Crippen molar-refractivity contribution in [3.63, 3.8) is 0 Å². The van der Waals surface area contributed by atoms with E-state index in [0.717, 1.165) is 11.5 Å². The van der Waals surface area contributed by atoms with Crippen LogP contribution in [-0.4, -0.2) is 68.5 Å². The molecule has 2 heterocycles. The molecule has 1 aromatic carbocycles. The van der Waals surface area contributed by atoms with Gasteiger partial charge in [0.25, 0.3) is 0 Å². The number of nitrogens with zero attached hydrogens (tertiary/aromatic N) is 4. The molecule has 0 saturated carbocycles. The van der Waals surface area contributed by atoms with Gasteiger partial charge in [0.2, 0.25) is 10.0 Å². The van der Waals surface area contributed by atoms with Crippen LogP contribution in [0.3, 0.4) is 0 Å². The van der Waals surface area contributed by atoms with E-state index in [-0.39, 0.29) is 17.0 Å². The molecule has 3 rings (SSSR count). The second kappa shape index (κ2) is 9.13. The highest BCUT2D eigenvalue weighted by atomic mass is 32.2. The van der Waals surface area contributed by atoms with Crippen LogP contribution in [0.15, 0.2) is 46.1 Å². The predicted molar refractivity (Wildman–Crippen MR) is 113 cm³/mol. The van der Waals surface area contributed by atoms with Crippen LogP contribution in [0.2, 0.25) is 0 Å². The van der Waals surface area contributed by atoms with E-state index in [1.165, 1.54) is 22.7 Å². The lowest BCUT2D eigenvalue weighted by Crippen LogP contribution is -2.55. The number of benzene rings is 1. The first-order chi connectivity index (χ1) is 14.2. The minimum atomic E-state index is -3.44. The van der Waals surface area contributed by atoms with Crippen molar-refractivity contribution in [1.29, 1.82) is 0 Å². The molecule has 164 valence electrons. The normalized spacial score (nSPS) is 16.7. The van der Waals surface area contributed by atoms with Crippen molar-refractivity contribution in [2.24, 2.45) is 4.99 Å². The Balaban J connectivity index is 1.55. The first-order valence-corrected chi connectivity index (χ1v) is 11.4. The molecule has 10 heteroatoms. The van der Waals surface area contributed by atoms with Crippen LogP contribution in [0.5, 0.6) is 0 Å². The van der Waals surface area contributed by atoms with Crippen molar-refractivity contribution >= 4 is 16.0 Å². The third-order valence-corrected chi connectivity index (χ3v) is 7.09. The average Bonchev–Trinajstić information content (AvgIpc) is 3.21. The average molecular weight is 438 g/mol. The molecule has 1 fully saturated rings. The summed E-state index contributed by atoms with van der Waals surface area (Å²) in [6.07, 6.45) is 1.37. The van der Waals surface area contributed by atoms with Gasteiger partial charge in [-0.05, 0) is 17.7 Å². The quantitative estimate of drug-likeness (QED) is 0.548. The molecule has 1 aromatic heterocycles. The molecular weight excluding hydrogens is 409 g/mol. The van der Waals surface area contributed by atoms with Gasteiger partial charge in [0.05, 0.1) is 5.69 Å². The predicted octanol–water partition coefficient (Wildman–Crippen LogP) is 1.81. The van der Waals surface area contributed by atoms with Crippen molar-refractivity contribution in [2.45, 2.75) is 25.0 Å². The summed E-state index contributed by atoms with van der Waals surface area (Å²) in [5.41, 5.74) is 1.19. The largest absolute Gasteiger partial charge is 0.364 e. The zero-order chi connectivity index (χ0) is 21.8. The van der Waals surface area contributed by atoms with Gasteiger partial charge in [0.1, 0.15) is 17.8 Å². The van der Waals surface area contributed by atoms with E-state index in [1.54, 1.807) is 25.2 Å². The zero-order valence-electron chi connectivity index (χ0n) is 17.5. The molecule has 0 aliphatic carbocycles. The Bertz CT molecular complexity index is 951. The zero-order valence-corrected chi connectivity index (χ0v) is 18.3. The van der Waals surface area contributed by atoms with Crippen LogP contribution in [0.1, 0.15) is 25.1 Å². The number of sulfonamides is 1. The van der Waals surface area contributed by atoms with Crippen molar-refractivity contribution in [3.8, 4) is 0 Å². The summed E-state index contributed by atoms with van der Waals surface area (Å²) in [5.74, 6) is 0.302. The van der Waals surface area contributed by atoms with Gasteiger partial charge in [0, 0.05) is 51.3 Å². The van der Waals surface area contributed by atoms with Gasteiger partial charge in [-0.15, -0.1) is 0 Å². The maximum absolute atomic E-state index is 13.2. The van der Waals surface area contributed by atoms with Crippen LogP contribution in [0.4, 0.5) is 4.39 Å². The molecule has 1 aliphatic heterocycles. The molecule has 0 spiro atoms. The maximum atomic E-state index is 13.2. The summed E-state index contributed by atoms with van der Waals surface area (Å²) in [4.78, 5) is 6.40. The van der Waals surface area contributed by atoms with Gasteiger partial charge in [-0.1, -0.05) is 31.1 Å². The fraction of sp³-hybridized carbons (Fsp3) is 0.500. The van der Waals surface area contributed by atoms with Crippen molar-refractivity contribution in [1.82, 2.24) is 19.7 Å². The Labute approximate surface area is 176 Å². The van der Waals surface area contributed by atoms with Crippen molar-refractivity contribution in [2.75, 3.05) is 39.8 Å². The molecule has 0 amide bonds. The topological polar surface area (TPSA) is 91.0 Å². The molecule has 8 nitrogen and oxygen atoms in total. The lowest BCUT2D eigenvalue weighted by Gasteiger charge is -2.37. The molecule has 0 atom stereocenters. The summed E-state index contributed by atoms with van der Waals surface area (Å²) in [6.45, 7) is 6.59. The number of aliphatic imine (C=N–C) groups is 1. The Morgan fingerprint density at radius 3 is 2.43 bits per heavy atom. The van der Waals surface area contributed by atoms with E-state index >= 15 is 0 Å². The van der Waals surface area contributed by atoms with Gasteiger partial charge >= 0.3 is 0 Å². The summed E-state index contributed by atoms with van der Waals surface area (Å²) >= 11 is 0. The number of aromatic nitrogens is 1. The van der Waals surface area contributed by atoms with Gasteiger partial charge < -0.3 is 14.7 Å². The fourth-order valence-corrected chi connectivity index (χ4v) is 4.83. The minimum Gasteiger partial charge on any atom is -0.364 e. The standard InChI is InChI=1S/C20H28FN5O3S/c1-20(2,16-4-6-17(21)7-5-16)15-23-19(22-3)25-9-11-26(12-10-25)30(27,28)14-18-8-13-29-24-18/h4-8,13H,9-12,14-15H2,1-3H3,(H,22,23). The SMILES string of the molecule is CN=C(NCC(C)(C)c1ccc(F)cc1)N1CCN(S(=O)(=O)Cc2ccon2)CC1. The van der Waals surface area contributed by atoms with Gasteiger partial charge in [-0.25, -0.2) is 12.8 Å². The summed E-state index contributed by atoms with van der Waals surface area (Å²) < 4.78 is 44.6. The summed E-state index contributed by atoms with van der Waals surface area (Å²) in [6, 6.07) is 8.06. The Hall–Kier alpha value is -2.46. The molecule has 0 unspecified atom stereocenters. The number of halogens is 1. The van der Waals surface area contributed by atoms with Crippen molar-refractivity contribution in [3.05, 3.63) is 53.7 Å². The van der Waals surface area contributed by atoms with E-state index in [2.05, 4.69) is 29.3 Å². The maximum Gasteiger partial charge on any atom is 0.220 e. The second-order valence-electron chi connectivity index (χ2n) is 7.92. The Morgan fingerprint density at radius 1 is 1.20 bits per heavy atom. The minimum absolute atomic E-state index is 0.164. The first kappa shape index (κ1) is 22.2. The Kier molecular flexibility index (Phi) is 6.77.